The van der Waals surface area contributed by atoms with Gasteiger partial charge in [-0.3, -0.25) is 14.1 Å². The van der Waals surface area contributed by atoms with E-state index in [1.54, 1.807) is 0 Å². The number of fused-ring (bicyclic) bond motifs is 6. The van der Waals surface area contributed by atoms with Crippen molar-refractivity contribution in [3.63, 3.8) is 0 Å². The average Bonchev–Trinajstić information content (AvgIpc) is 3.86. The highest BCUT2D eigenvalue weighted by molar-refractivity contribution is 6.10. The third kappa shape index (κ3) is 4.22. The SMILES string of the molecule is c1ccc(-n2c(-c3ccnc(-n4c5ccccc5c5ccccc54)c3)nnc2-c2cc(-n3c4ccccc4c4ccccc43)ccn2)cc1. The van der Waals surface area contributed by atoms with E-state index in [1.165, 1.54) is 21.5 Å². The topological polar surface area (TPSA) is 66.3 Å². The zero-order valence-corrected chi connectivity index (χ0v) is 26.2. The summed E-state index contributed by atoms with van der Waals surface area (Å²) in [6.07, 6.45) is 3.70. The van der Waals surface area contributed by atoms with Crippen LogP contribution in [0.4, 0.5) is 0 Å². The van der Waals surface area contributed by atoms with Crippen molar-refractivity contribution < 1.29 is 0 Å². The van der Waals surface area contributed by atoms with Crippen molar-refractivity contribution in [2.45, 2.75) is 0 Å². The monoisotopic (exact) mass is 629 g/mol. The van der Waals surface area contributed by atoms with E-state index in [0.29, 0.717) is 11.6 Å². The molecule has 7 heteroatoms. The van der Waals surface area contributed by atoms with Crippen molar-refractivity contribution in [1.82, 2.24) is 33.9 Å². The number of aromatic nitrogens is 7. The van der Waals surface area contributed by atoms with Gasteiger partial charge in [-0.05, 0) is 60.7 Å². The average molecular weight is 630 g/mol. The predicted molar refractivity (Wildman–Crippen MR) is 196 cm³/mol. The number of rotatable bonds is 5. The molecule has 0 aliphatic rings. The van der Waals surface area contributed by atoms with E-state index in [1.807, 2.05) is 42.7 Å². The maximum absolute atomic E-state index is 4.86. The van der Waals surface area contributed by atoms with Crippen LogP contribution in [0.1, 0.15) is 0 Å². The lowest BCUT2D eigenvalue weighted by Gasteiger charge is -2.13. The van der Waals surface area contributed by atoms with Crippen molar-refractivity contribution in [1.29, 1.82) is 0 Å². The number of hydrogen-bond acceptors (Lipinski definition) is 4. The summed E-state index contributed by atoms with van der Waals surface area (Å²) in [7, 11) is 0. The van der Waals surface area contributed by atoms with Crippen LogP contribution in [0.3, 0.4) is 0 Å². The Morgan fingerprint density at radius 3 is 1.49 bits per heavy atom. The van der Waals surface area contributed by atoms with Gasteiger partial charge in [0, 0.05) is 50.9 Å². The van der Waals surface area contributed by atoms with Crippen LogP contribution in [-0.4, -0.2) is 33.9 Å². The molecule has 10 rings (SSSR count). The summed E-state index contributed by atoms with van der Waals surface area (Å²) < 4.78 is 6.60. The number of para-hydroxylation sites is 5. The van der Waals surface area contributed by atoms with Crippen molar-refractivity contribution in [3.8, 4) is 40.1 Å². The summed E-state index contributed by atoms with van der Waals surface area (Å²) in [5, 5.41) is 14.4. The summed E-state index contributed by atoms with van der Waals surface area (Å²) in [5.74, 6) is 2.17. The molecule has 0 saturated carbocycles. The first kappa shape index (κ1) is 27.3. The highest BCUT2D eigenvalue weighted by Gasteiger charge is 2.21. The minimum absolute atomic E-state index is 0.652. The largest absolute Gasteiger partial charge is 0.309 e. The Hall–Kier alpha value is -6.86. The first-order valence-corrected chi connectivity index (χ1v) is 16.2. The minimum atomic E-state index is 0.652. The smallest absolute Gasteiger partial charge is 0.187 e. The Morgan fingerprint density at radius 1 is 0.367 bits per heavy atom. The molecule has 0 saturated heterocycles. The van der Waals surface area contributed by atoms with Gasteiger partial charge in [-0.25, -0.2) is 4.98 Å². The Morgan fingerprint density at radius 2 is 0.878 bits per heavy atom. The van der Waals surface area contributed by atoms with Gasteiger partial charge in [-0.15, -0.1) is 10.2 Å². The number of pyridine rings is 2. The van der Waals surface area contributed by atoms with Gasteiger partial charge in [0.05, 0.1) is 22.1 Å². The van der Waals surface area contributed by atoms with Crippen molar-refractivity contribution in [2.24, 2.45) is 0 Å². The lowest BCUT2D eigenvalue weighted by Crippen LogP contribution is -2.03. The molecular weight excluding hydrogens is 603 g/mol. The molecule has 0 bridgehead atoms. The van der Waals surface area contributed by atoms with E-state index in [-0.39, 0.29) is 0 Å². The van der Waals surface area contributed by atoms with E-state index in [4.69, 9.17) is 20.2 Å². The van der Waals surface area contributed by atoms with Crippen LogP contribution in [0.2, 0.25) is 0 Å². The van der Waals surface area contributed by atoms with Crippen molar-refractivity contribution in [2.75, 3.05) is 0 Å². The van der Waals surface area contributed by atoms with Crippen LogP contribution in [0.25, 0.3) is 83.7 Å². The second kappa shape index (κ2) is 10.9. The van der Waals surface area contributed by atoms with Gasteiger partial charge in [-0.1, -0.05) is 91.0 Å². The van der Waals surface area contributed by atoms with Crippen molar-refractivity contribution in [3.05, 3.63) is 164 Å². The van der Waals surface area contributed by atoms with E-state index in [0.717, 1.165) is 50.5 Å². The summed E-state index contributed by atoms with van der Waals surface area (Å²) in [6, 6.07) is 52.4. The molecule has 49 heavy (non-hydrogen) atoms. The molecule has 0 atom stereocenters. The molecule has 0 fully saturated rings. The van der Waals surface area contributed by atoms with Crippen LogP contribution in [0.5, 0.6) is 0 Å². The molecule has 0 aliphatic heterocycles. The molecule has 0 aliphatic carbocycles. The summed E-state index contributed by atoms with van der Waals surface area (Å²) in [6.45, 7) is 0. The van der Waals surface area contributed by atoms with Gasteiger partial charge < -0.3 is 4.57 Å². The van der Waals surface area contributed by atoms with Gasteiger partial charge in [0.2, 0.25) is 0 Å². The highest BCUT2D eigenvalue weighted by atomic mass is 15.3. The summed E-state index contributed by atoms with van der Waals surface area (Å²) in [4.78, 5) is 9.70. The molecular formula is C42H27N7. The first-order chi connectivity index (χ1) is 24.3. The normalized spacial score (nSPS) is 11.7. The second-order valence-electron chi connectivity index (χ2n) is 12.1. The number of nitrogens with zero attached hydrogens (tertiary/aromatic N) is 7. The minimum Gasteiger partial charge on any atom is -0.309 e. The molecule has 0 N–H and O–H groups in total. The Bertz CT molecular complexity index is 2560. The molecule has 7 nitrogen and oxygen atoms in total. The summed E-state index contributed by atoms with van der Waals surface area (Å²) >= 11 is 0. The van der Waals surface area contributed by atoms with Crippen LogP contribution < -0.4 is 0 Å². The third-order valence-electron chi connectivity index (χ3n) is 9.30. The zero-order valence-electron chi connectivity index (χ0n) is 26.2. The zero-order chi connectivity index (χ0) is 32.3. The molecule has 5 heterocycles. The summed E-state index contributed by atoms with van der Waals surface area (Å²) in [5.41, 5.74) is 8.04. The van der Waals surface area contributed by atoms with E-state index >= 15 is 0 Å². The van der Waals surface area contributed by atoms with Gasteiger partial charge in [0.1, 0.15) is 11.5 Å². The maximum atomic E-state index is 4.86. The molecule has 0 spiro atoms. The number of hydrogen-bond donors (Lipinski definition) is 0. The molecule has 10 aromatic rings. The van der Waals surface area contributed by atoms with Crippen LogP contribution in [-0.2, 0) is 0 Å². The van der Waals surface area contributed by atoms with Gasteiger partial charge in [0.25, 0.3) is 0 Å². The Labute approximate surface area is 281 Å². The van der Waals surface area contributed by atoms with Crippen LogP contribution in [0.15, 0.2) is 164 Å². The highest BCUT2D eigenvalue weighted by Crippen LogP contribution is 2.35. The van der Waals surface area contributed by atoms with Crippen LogP contribution >= 0.6 is 0 Å². The van der Waals surface area contributed by atoms with Crippen LogP contribution in [0, 0.1) is 0 Å². The first-order valence-electron chi connectivity index (χ1n) is 16.2. The molecule has 230 valence electrons. The van der Waals surface area contributed by atoms with Gasteiger partial charge in [-0.2, -0.15) is 0 Å². The fourth-order valence-corrected chi connectivity index (χ4v) is 7.19. The quantitative estimate of drug-likeness (QED) is 0.190. The van der Waals surface area contributed by atoms with E-state index in [2.05, 4.69) is 135 Å². The van der Waals surface area contributed by atoms with Gasteiger partial charge in [0.15, 0.2) is 11.6 Å². The molecule has 5 aromatic heterocycles. The molecule has 5 aromatic carbocycles. The fraction of sp³-hybridized carbons (Fsp3) is 0. The van der Waals surface area contributed by atoms with E-state index in [9.17, 15) is 0 Å². The number of benzene rings is 5. The lowest BCUT2D eigenvalue weighted by molar-refractivity contribution is 1.04. The van der Waals surface area contributed by atoms with Gasteiger partial charge >= 0.3 is 0 Å². The maximum Gasteiger partial charge on any atom is 0.187 e. The fourth-order valence-electron chi connectivity index (χ4n) is 7.19. The van der Waals surface area contributed by atoms with E-state index < -0.39 is 0 Å². The second-order valence-corrected chi connectivity index (χ2v) is 12.1. The lowest BCUT2D eigenvalue weighted by atomic mass is 10.2. The third-order valence-corrected chi connectivity index (χ3v) is 9.30. The molecule has 0 amide bonds. The standard InChI is InChI=1S/C42H27N7/c1-2-12-29(13-3-1)48-41(28-22-24-44-40(26-28)49-38-20-10-6-16-33(38)34-17-7-11-21-39(34)49)45-46-42(48)35-27-30(23-25-43-35)47-36-18-8-4-14-31(36)32-15-5-9-19-37(32)47/h1-27H. The predicted octanol–water partition coefficient (Wildman–Crippen LogP) is 9.59. The molecule has 0 radical (unpaired) electrons. The van der Waals surface area contributed by atoms with Crippen molar-refractivity contribution >= 4 is 43.6 Å². The molecule has 0 unspecified atom stereocenters. The Balaban J connectivity index is 1.16. The Kier molecular flexibility index (Phi) is 6.04.